The molecule has 1 aromatic heterocycles. The van der Waals surface area contributed by atoms with Gasteiger partial charge in [-0.2, -0.15) is 5.10 Å². The Kier molecular flexibility index (Phi) is 6.52. The van der Waals surface area contributed by atoms with E-state index >= 15 is 0 Å². The van der Waals surface area contributed by atoms with Gasteiger partial charge in [0, 0.05) is 18.5 Å². The zero-order valence-corrected chi connectivity index (χ0v) is 11.7. The molecule has 4 nitrogen and oxygen atoms in total. The molecule has 0 aliphatic carbocycles. The van der Waals surface area contributed by atoms with E-state index in [4.69, 9.17) is 11.6 Å². The summed E-state index contributed by atoms with van der Waals surface area (Å²) >= 11 is 5.95. The molecule has 0 aromatic carbocycles. The van der Waals surface area contributed by atoms with Gasteiger partial charge >= 0.3 is 0 Å². The van der Waals surface area contributed by atoms with E-state index in [0.29, 0.717) is 17.8 Å². The molecule has 0 amide bonds. The van der Waals surface area contributed by atoms with Crippen molar-refractivity contribution in [1.29, 1.82) is 0 Å². The van der Waals surface area contributed by atoms with Crippen LogP contribution in [0.4, 0.5) is 0 Å². The molecule has 5 heteroatoms. The fraction of sp³-hybridized carbons (Fsp3) is 0.833. The number of rotatable bonds is 8. The molecule has 1 atom stereocenters. The maximum Gasteiger partial charge on any atom is 0.140 e. The lowest BCUT2D eigenvalue weighted by Gasteiger charge is -2.17. The van der Waals surface area contributed by atoms with Crippen molar-refractivity contribution in [2.45, 2.75) is 52.7 Å². The molecule has 1 unspecified atom stereocenters. The molecule has 0 aliphatic heterocycles. The lowest BCUT2D eigenvalue weighted by atomic mass is 10.1. The largest absolute Gasteiger partial charge is 0.306 e. The average molecular weight is 259 g/mol. The molecular weight excluding hydrogens is 236 g/mol. The molecule has 17 heavy (non-hydrogen) atoms. The molecule has 98 valence electrons. The Morgan fingerprint density at radius 2 is 2.24 bits per heavy atom. The second kappa shape index (κ2) is 7.67. The van der Waals surface area contributed by atoms with E-state index in [9.17, 15) is 0 Å². The Bertz CT molecular complexity index is 311. The molecule has 0 saturated carbocycles. The monoisotopic (exact) mass is 258 g/mol. The van der Waals surface area contributed by atoms with E-state index in [1.165, 1.54) is 0 Å². The van der Waals surface area contributed by atoms with Crippen LogP contribution >= 0.6 is 11.6 Å². The van der Waals surface area contributed by atoms with Crippen molar-refractivity contribution < 1.29 is 0 Å². The number of nitrogens with one attached hydrogen (secondary N) is 1. The minimum atomic E-state index is 0.350. The van der Waals surface area contributed by atoms with Crippen molar-refractivity contribution in [1.82, 2.24) is 20.1 Å². The Morgan fingerprint density at radius 1 is 1.47 bits per heavy atom. The van der Waals surface area contributed by atoms with Crippen LogP contribution in [-0.2, 0) is 13.1 Å². The summed E-state index contributed by atoms with van der Waals surface area (Å²) in [6.45, 7) is 8.22. The predicted molar refractivity (Wildman–Crippen MR) is 71.1 cm³/mol. The third-order valence-corrected chi connectivity index (χ3v) is 2.99. The molecule has 0 spiro atoms. The van der Waals surface area contributed by atoms with Gasteiger partial charge in [0.15, 0.2) is 0 Å². The summed E-state index contributed by atoms with van der Waals surface area (Å²) < 4.78 is 1.95. The number of alkyl halides is 1. The summed E-state index contributed by atoms with van der Waals surface area (Å²) in [5, 5.41) is 7.65. The highest BCUT2D eigenvalue weighted by Crippen LogP contribution is 2.07. The molecule has 1 N–H and O–H groups in total. The van der Waals surface area contributed by atoms with Gasteiger partial charge in [-0.05, 0) is 18.8 Å². The van der Waals surface area contributed by atoms with E-state index < -0.39 is 0 Å². The van der Waals surface area contributed by atoms with Crippen LogP contribution in [0.2, 0.25) is 0 Å². The van der Waals surface area contributed by atoms with E-state index in [1.54, 1.807) is 6.33 Å². The zero-order chi connectivity index (χ0) is 12.7. The maximum atomic E-state index is 5.95. The minimum Gasteiger partial charge on any atom is -0.306 e. The molecule has 0 fully saturated rings. The third kappa shape index (κ3) is 5.04. The van der Waals surface area contributed by atoms with Crippen molar-refractivity contribution >= 4 is 11.6 Å². The first-order valence-electron chi connectivity index (χ1n) is 6.33. The van der Waals surface area contributed by atoms with Crippen LogP contribution in [0, 0.1) is 5.92 Å². The topological polar surface area (TPSA) is 42.7 Å². The molecular formula is C12H23ClN4. The lowest BCUT2D eigenvalue weighted by molar-refractivity contribution is 0.431. The van der Waals surface area contributed by atoms with Gasteiger partial charge in [0.2, 0.25) is 0 Å². The van der Waals surface area contributed by atoms with Crippen LogP contribution in [-0.4, -0.2) is 26.7 Å². The normalized spacial score (nSPS) is 13.2. The van der Waals surface area contributed by atoms with Gasteiger partial charge in [-0.25, -0.2) is 9.67 Å². The highest BCUT2D eigenvalue weighted by molar-refractivity contribution is 6.18. The van der Waals surface area contributed by atoms with E-state index in [1.807, 2.05) is 4.68 Å². The molecule has 0 radical (unpaired) electrons. The molecule has 1 heterocycles. The smallest absolute Gasteiger partial charge is 0.140 e. The number of hydrogen-bond donors (Lipinski definition) is 1. The lowest BCUT2D eigenvalue weighted by Crippen LogP contribution is -2.32. The minimum absolute atomic E-state index is 0.350. The molecule has 0 aliphatic rings. The summed E-state index contributed by atoms with van der Waals surface area (Å²) in [5.74, 6) is 2.28. The van der Waals surface area contributed by atoms with Gasteiger partial charge in [0.25, 0.3) is 0 Å². The summed E-state index contributed by atoms with van der Waals surface area (Å²) in [5.41, 5.74) is 0. The number of aromatic nitrogens is 3. The fourth-order valence-corrected chi connectivity index (χ4v) is 2.06. The van der Waals surface area contributed by atoms with E-state index in [2.05, 4.69) is 36.2 Å². The van der Waals surface area contributed by atoms with Crippen molar-refractivity contribution in [2.24, 2.45) is 5.92 Å². The van der Waals surface area contributed by atoms with Gasteiger partial charge in [-0.3, -0.25) is 0 Å². The Hall–Kier alpha value is -0.610. The molecule has 1 aromatic rings. The van der Waals surface area contributed by atoms with Gasteiger partial charge in [-0.15, -0.1) is 11.6 Å². The summed E-state index contributed by atoms with van der Waals surface area (Å²) in [6.07, 6.45) is 3.78. The van der Waals surface area contributed by atoms with E-state index in [0.717, 1.165) is 31.8 Å². The number of halogens is 1. The summed E-state index contributed by atoms with van der Waals surface area (Å²) in [6, 6.07) is 0.350. The highest BCUT2D eigenvalue weighted by atomic mass is 35.5. The first-order valence-corrected chi connectivity index (χ1v) is 6.86. The van der Waals surface area contributed by atoms with Crippen molar-refractivity contribution in [2.75, 3.05) is 5.88 Å². The van der Waals surface area contributed by atoms with Crippen molar-refractivity contribution in [3.05, 3.63) is 12.2 Å². The first kappa shape index (κ1) is 14.5. The average Bonchev–Trinajstić information content (AvgIpc) is 2.72. The zero-order valence-electron chi connectivity index (χ0n) is 11.0. The van der Waals surface area contributed by atoms with Crippen LogP contribution < -0.4 is 5.32 Å². The van der Waals surface area contributed by atoms with Crippen molar-refractivity contribution in [3.63, 3.8) is 0 Å². The molecule has 0 saturated heterocycles. The SMILES string of the molecule is CCCn1ncnc1CNC(CCl)CC(C)C. The summed E-state index contributed by atoms with van der Waals surface area (Å²) in [4.78, 5) is 4.27. The first-order chi connectivity index (χ1) is 8.17. The Balaban J connectivity index is 2.44. The Morgan fingerprint density at radius 3 is 2.82 bits per heavy atom. The third-order valence-electron chi connectivity index (χ3n) is 2.62. The van der Waals surface area contributed by atoms with Gasteiger partial charge in [0.1, 0.15) is 12.2 Å². The van der Waals surface area contributed by atoms with Crippen LogP contribution in [0.5, 0.6) is 0 Å². The number of aryl methyl sites for hydroxylation is 1. The van der Waals surface area contributed by atoms with E-state index in [-0.39, 0.29) is 0 Å². The van der Waals surface area contributed by atoms with Crippen LogP contribution in [0.15, 0.2) is 6.33 Å². The Labute approximate surface area is 109 Å². The maximum absolute atomic E-state index is 5.95. The highest BCUT2D eigenvalue weighted by Gasteiger charge is 2.11. The number of nitrogens with zero attached hydrogens (tertiary/aromatic N) is 3. The molecule has 1 rings (SSSR count). The second-order valence-corrected chi connectivity index (χ2v) is 5.07. The molecule has 0 bridgehead atoms. The quantitative estimate of drug-likeness (QED) is 0.729. The second-order valence-electron chi connectivity index (χ2n) is 4.76. The van der Waals surface area contributed by atoms with Gasteiger partial charge in [0.05, 0.1) is 6.54 Å². The predicted octanol–water partition coefficient (Wildman–Crippen LogP) is 2.43. The van der Waals surface area contributed by atoms with Gasteiger partial charge < -0.3 is 5.32 Å². The summed E-state index contributed by atoms with van der Waals surface area (Å²) in [7, 11) is 0. The van der Waals surface area contributed by atoms with Crippen LogP contribution in [0.3, 0.4) is 0 Å². The number of hydrogen-bond acceptors (Lipinski definition) is 3. The van der Waals surface area contributed by atoms with Crippen molar-refractivity contribution in [3.8, 4) is 0 Å². The standard InChI is InChI=1S/C12H23ClN4/c1-4-5-17-12(15-9-16-17)8-14-11(7-13)6-10(2)3/h9-11,14H,4-8H2,1-3H3. The van der Waals surface area contributed by atoms with Gasteiger partial charge in [-0.1, -0.05) is 20.8 Å². The van der Waals surface area contributed by atoms with Crippen LogP contribution in [0.1, 0.15) is 39.4 Å². The fourth-order valence-electron chi connectivity index (χ4n) is 1.83. The van der Waals surface area contributed by atoms with Crippen LogP contribution in [0.25, 0.3) is 0 Å².